The van der Waals surface area contributed by atoms with Crippen LogP contribution >= 0.6 is 0 Å². The summed E-state index contributed by atoms with van der Waals surface area (Å²) in [6.45, 7) is 3.49. The van der Waals surface area contributed by atoms with Gasteiger partial charge in [-0.2, -0.15) is 9.78 Å². The molecule has 0 aliphatic rings. The highest BCUT2D eigenvalue weighted by atomic mass is 19.1. The van der Waals surface area contributed by atoms with E-state index in [0.717, 1.165) is 5.69 Å². The Morgan fingerprint density at radius 3 is 2.67 bits per heavy atom. The Balaban J connectivity index is 2.23. The molecule has 0 saturated heterocycles. The minimum Gasteiger partial charge on any atom is -0.399 e. The van der Waals surface area contributed by atoms with E-state index in [1.165, 1.54) is 10.7 Å². The molecule has 0 bridgehead atoms. The van der Waals surface area contributed by atoms with Crippen LogP contribution in [0.25, 0.3) is 17.1 Å². The van der Waals surface area contributed by atoms with Gasteiger partial charge in [-0.15, -0.1) is 5.10 Å². The van der Waals surface area contributed by atoms with Crippen molar-refractivity contribution in [3.05, 3.63) is 35.4 Å². The highest BCUT2D eigenvalue weighted by Gasteiger charge is 2.19. The van der Waals surface area contributed by atoms with Gasteiger partial charge < -0.3 is 5.73 Å². The fourth-order valence-electron chi connectivity index (χ4n) is 2.27. The summed E-state index contributed by atoms with van der Waals surface area (Å²) in [5.41, 5.74) is 8.40. The number of rotatable bonds is 2. The number of hydrogen-bond acceptors (Lipinski definition) is 5. The predicted octanol–water partition coefficient (Wildman–Crippen LogP) is 1.40. The molecule has 108 valence electrons. The van der Waals surface area contributed by atoms with E-state index in [0.29, 0.717) is 22.8 Å². The number of nitrogen functional groups attached to an aromatic ring is 1. The van der Waals surface area contributed by atoms with Gasteiger partial charge in [-0.1, -0.05) is 0 Å². The van der Waals surface area contributed by atoms with Crippen molar-refractivity contribution in [2.45, 2.75) is 13.8 Å². The summed E-state index contributed by atoms with van der Waals surface area (Å²) in [7, 11) is 1.80. The van der Waals surface area contributed by atoms with E-state index >= 15 is 0 Å². The van der Waals surface area contributed by atoms with Gasteiger partial charge in [0.1, 0.15) is 11.5 Å². The van der Waals surface area contributed by atoms with Crippen molar-refractivity contribution in [2.24, 2.45) is 7.05 Å². The molecule has 3 rings (SSSR count). The van der Waals surface area contributed by atoms with Crippen LogP contribution in [0.15, 0.2) is 18.3 Å². The second-order valence-electron chi connectivity index (χ2n) is 4.89. The Kier molecular flexibility index (Phi) is 2.93. The molecule has 7 nitrogen and oxygen atoms in total. The summed E-state index contributed by atoms with van der Waals surface area (Å²) in [5, 5.41) is 15.7. The Morgan fingerprint density at radius 1 is 1.24 bits per heavy atom. The maximum absolute atomic E-state index is 14.4. The van der Waals surface area contributed by atoms with Crippen LogP contribution in [0.2, 0.25) is 0 Å². The Labute approximate surface area is 120 Å². The second kappa shape index (κ2) is 4.65. The van der Waals surface area contributed by atoms with E-state index in [1.54, 1.807) is 30.9 Å². The molecule has 3 aromatic rings. The van der Waals surface area contributed by atoms with Crippen molar-refractivity contribution < 1.29 is 4.39 Å². The van der Waals surface area contributed by atoms with E-state index in [-0.39, 0.29) is 11.4 Å². The number of nitrogens with zero attached hydrogens (tertiary/aromatic N) is 6. The molecule has 0 atom stereocenters. The zero-order valence-electron chi connectivity index (χ0n) is 11.9. The van der Waals surface area contributed by atoms with Crippen molar-refractivity contribution in [2.75, 3.05) is 5.73 Å². The third-order valence-electron chi connectivity index (χ3n) is 3.20. The van der Waals surface area contributed by atoms with Crippen LogP contribution < -0.4 is 5.73 Å². The summed E-state index contributed by atoms with van der Waals surface area (Å²) in [6, 6.07) is 3.10. The fraction of sp³-hybridized carbons (Fsp3) is 0.231. The van der Waals surface area contributed by atoms with Gasteiger partial charge >= 0.3 is 0 Å². The molecular formula is C13H14FN7. The Hall–Kier alpha value is -2.77. The third kappa shape index (κ3) is 2.14. The molecule has 0 radical (unpaired) electrons. The zero-order valence-corrected chi connectivity index (χ0v) is 11.9. The molecule has 0 aliphatic heterocycles. The number of nitrogens with two attached hydrogens (primary N) is 1. The van der Waals surface area contributed by atoms with Gasteiger partial charge in [0.15, 0.2) is 5.82 Å². The average Bonchev–Trinajstić information content (AvgIpc) is 3.00. The molecule has 2 heterocycles. The first-order valence-corrected chi connectivity index (χ1v) is 6.32. The third-order valence-corrected chi connectivity index (χ3v) is 3.20. The fourth-order valence-corrected chi connectivity index (χ4v) is 2.27. The van der Waals surface area contributed by atoms with Crippen LogP contribution in [-0.4, -0.2) is 30.0 Å². The van der Waals surface area contributed by atoms with Crippen molar-refractivity contribution in [1.82, 2.24) is 30.0 Å². The van der Waals surface area contributed by atoms with Crippen LogP contribution in [0, 0.1) is 19.7 Å². The van der Waals surface area contributed by atoms with Gasteiger partial charge in [-0.3, -0.25) is 4.68 Å². The lowest BCUT2D eigenvalue weighted by molar-refractivity contribution is 0.620. The van der Waals surface area contributed by atoms with Crippen LogP contribution in [0.5, 0.6) is 0 Å². The van der Waals surface area contributed by atoms with E-state index < -0.39 is 0 Å². The summed E-state index contributed by atoms with van der Waals surface area (Å²) in [5.74, 6) is -0.0965. The standard InChI is InChI=1S/C13H14FN7/c1-7-4-9(15)5-10(12(7)14)13-16-18-19-21(13)11-6-20(3)17-8(11)2/h4-6H,15H2,1-3H3. The van der Waals surface area contributed by atoms with Crippen LogP contribution in [0.1, 0.15) is 11.3 Å². The molecule has 0 amide bonds. The molecule has 0 fully saturated rings. The molecule has 0 saturated carbocycles. The van der Waals surface area contributed by atoms with Crippen LogP contribution in [0.3, 0.4) is 0 Å². The van der Waals surface area contributed by atoms with Crippen LogP contribution in [0.4, 0.5) is 10.1 Å². The molecule has 0 aliphatic carbocycles. The Bertz CT molecular complexity index is 818. The average molecular weight is 287 g/mol. The van der Waals surface area contributed by atoms with Crippen molar-refractivity contribution in [3.63, 3.8) is 0 Å². The number of halogens is 1. The first kappa shape index (κ1) is 13.2. The maximum atomic E-state index is 14.4. The quantitative estimate of drug-likeness (QED) is 0.720. The van der Waals surface area contributed by atoms with E-state index in [2.05, 4.69) is 20.6 Å². The molecular weight excluding hydrogens is 273 g/mol. The highest BCUT2D eigenvalue weighted by Crippen LogP contribution is 2.27. The molecule has 21 heavy (non-hydrogen) atoms. The summed E-state index contributed by atoms with van der Waals surface area (Å²) < 4.78 is 17.5. The lowest BCUT2D eigenvalue weighted by Gasteiger charge is -2.07. The van der Waals surface area contributed by atoms with E-state index in [1.807, 2.05) is 6.92 Å². The minimum absolute atomic E-state index is 0.265. The smallest absolute Gasteiger partial charge is 0.190 e. The molecule has 0 unspecified atom stereocenters. The Morgan fingerprint density at radius 2 is 2.00 bits per heavy atom. The normalized spacial score (nSPS) is 11.0. The number of aromatic nitrogens is 6. The lowest BCUT2D eigenvalue weighted by Crippen LogP contribution is -2.03. The van der Waals surface area contributed by atoms with Gasteiger partial charge in [0.05, 0.1) is 17.5 Å². The molecule has 0 spiro atoms. The number of benzene rings is 1. The summed E-state index contributed by atoms with van der Waals surface area (Å²) in [4.78, 5) is 0. The zero-order chi connectivity index (χ0) is 15.1. The number of aryl methyl sites for hydroxylation is 3. The van der Waals surface area contributed by atoms with E-state index in [9.17, 15) is 4.39 Å². The van der Waals surface area contributed by atoms with Gasteiger partial charge in [0.2, 0.25) is 0 Å². The van der Waals surface area contributed by atoms with Gasteiger partial charge in [0, 0.05) is 12.7 Å². The lowest BCUT2D eigenvalue weighted by atomic mass is 10.1. The monoisotopic (exact) mass is 287 g/mol. The summed E-state index contributed by atoms with van der Waals surface area (Å²) in [6.07, 6.45) is 1.77. The number of tetrazole rings is 1. The molecule has 2 N–H and O–H groups in total. The number of anilines is 1. The second-order valence-corrected chi connectivity index (χ2v) is 4.89. The minimum atomic E-state index is -0.387. The molecule has 8 heteroatoms. The summed E-state index contributed by atoms with van der Waals surface area (Å²) >= 11 is 0. The molecule has 2 aromatic heterocycles. The van der Waals surface area contributed by atoms with Gasteiger partial charge in [0.25, 0.3) is 0 Å². The number of hydrogen-bond donors (Lipinski definition) is 1. The van der Waals surface area contributed by atoms with Crippen molar-refractivity contribution >= 4 is 5.69 Å². The van der Waals surface area contributed by atoms with Gasteiger partial charge in [-0.25, -0.2) is 4.39 Å². The first-order valence-electron chi connectivity index (χ1n) is 6.32. The topological polar surface area (TPSA) is 87.4 Å². The SMILES string of the molecule is Cc1cc(N)cc(-c2nnnn2-c2cn(C)nc2C)c1F. The first-order chi connectivity index (χ1) is 9.97. The predicted molar refractivity (Wildman–Crippen MR) is 75.2 cm³/mol. The van der Waals surface area contributed by atoms with Crippen molar-refractivity contribution in [1.29, 1.82) is 0 Å². The largest absolute Gasteiger partial charge is 0.399 e. The maximum Gasteiger partial charge on any atom is 0.190 e. The van der Waals surface area contributed by atoms with Crippen LogP contribution in [-0.2, 0) is 7.05 Å². The van der Waals surface area contributed by atoms with Crippen molar-refractivity contribution in [3.8, 4) is 17.1 Å². The van der Waals surface area contributed by atoms with Gasteiger partial charge in [-0.05, 0) is 42.0 Å². The highest BCUT2D eigenvalue weighted by molar-refractivity contribution is 5.65. The molecule has 1 aromatic carbocycles. The van der Waals surface area contributed by atoms with E-state index in [4.69, 9.17) is 5.73 Å².